The zero-order chi connectivity index (χ0) is 11.3. The van der Waals surface area contributed by atoms with Crippen molar-refractivity contribution in [3.8, 4) is 0 Å². The SMILES string of the molecule is CS(=O)(=O)CCCNc1ccc(N)nn1. The topological polar surface area (TPSA) is 98.0 Å². The van der Waals surface area contributed by atoms with E-state index in [9.17, 15) is 8.42 Å². The molecular weight excluding hydrogens is 216 g/mol. The molecule has 0 saturated carbocycles. The van der Waals surface area contributed by atoms with Crippen LogP contribution in [0.3, 0.4) is 0 Å². The minimum Gasteiger partial charge on any atom is -0.382 e. The maximum atomic E-state index is 10.8. The van der Waals surface area contributed by atoms with Crippen molar-refractivity contribution < 1.29 is 8.42 Å². The molecule has 1 heterocycles. The molecule has 0 aliphatic carbocycles. The highest BCUT2D eigenvalue weighted by Crippen LogP contribution is 2.02. The predicted octanol–water partition coefficient (Wildman–Crippen LogP) is -0.0946. The van der Waals surface area contributed by atoms with E-state index in [4.69, 9.17) is 5.73 Å². The molecule has 0 unspecified atom stereocenters. The lowest BCUT2D eigenvalue weighted by Gasteiger charge is -2.03. The molecule has 0 amide bonds. The fourth-order valence-electron chi connectivity index (χ4n) is 0.988. The van der Waals surface area contributed by atoms with Crippen molar-refractivity contribution in [2.24, 2.45) is 0 Å². The first kappa shape index (κ1) is 11.7. The summed E-state index contributed by atoms with van der Waals surface area (Å²) in [5, 5.41) is 10.4. The van der Waals surface area contributed by atoms with Crippen LogP contribution < -0.4 is 11.1 Å². The van der Waals surface area contributed by atoms with Crippen LogP contribution in [0.5, 0.6) is 0 Å². The molecule has 0 bridgehead atoms. The normalized spacial score (nSPS) is 11.3. The molecule has 3 N–H and O–H groups in total. The number of rotatable bonds is 5. The van der Waals surface area contributed by atoms with Crippen molar-refractivity contribution in [1.29, 1.82) is 0 Å². The molecular formula is C8H14N4O2S. The third-order valence-electron chi connectivity index (χ3n) is 1.68. The zero-order valence-electron chi connectivity index (χ0n) is 8.47. The van der Waals surface area contributed by atoms with Gasteiger partial charge in [-0.15, -0.1) is 10.2 Å². The number of nitrogens with zero attached hydrogens (tertiary/aromatic N) is 2. The van der Waals surface area contributed by atoms with E-state index < -0.39 is 9.84 Å². The fourth-order valence-corrected chi connectivity index (χ4v) is 1.66. The Hall–Kier alpha value is -1.37. The molecule has 1 aromatic heterocycles. The Morgan fingerprint density at radius 3 is 2.67 bits per heavy atom. The third-order valence-corrected chi connectivity index (χ3v) is 2.71. The summed E-state index contributed by atoms with van der Waals surface area (Å²) in [7, 11) is -2.88. The number of hydrogen-bond acceptors (Lipinski definition) is 6. The van der Waals surface area contributed by atoms with Gasteiger partial charge in [-0.2, -0.15) is 0 Å². The first-order chi connectivity index (χ1) is 6.97. The lowest BCUT2D eigenvalue weighted by atomic mass is 10.4. The minimum atomic E-state index is -2.88. The Labute approximate surface area is 88.8 Å². The summed E-state index contributed by atoms with van der Waals surface area (Å²) in [4.78, 5) is 0. The maximum absolute atomic E-state index is 10.8. The van der Waals surface area contributed by atoms with Gasteiger partial charge in [-0.25, -0.2) is 8.42 Å². The average molecular weight is 230 g/mol. The molecule has 0 radical (unpaired) electrons. The van der Waals surface area contributed by atoms with Crippen LogP contribution in [0.2, 0.25) is 0 Å². The molecule has 7 heteroatoms. The molecule has 0 aromatic carbocycles. The summed E-state index contributed by atoms with van der Waals surface area (Å²) < 4.78 is 21.6. The van der Waals surface area contributed by atoms with E-state index in [0.29, 0.717) is 24.6 Å². The van der Waals surface area contributed by atoms with Crippen molar-refractivity contribution in [3.63, 3.8) is 0 Å². The van der Waals surface area contributed by atoms with Crippen LogP contribution in [-0.4, -0.2) is 37.2 Å². The van der Waals surface area contributed by atoms with Crippen LogP contribution in [0, 0.1) is 0 Å². The Bertz CT molecular complexity index is 401. The molecule has 1 aromatic rings. The Kier molecular flexibility index (Phi) is 3.84. The quantitative estimate of drug-likeness (QED) is 0.686. The highest BCUT2D eigenvalue weighted by Gasteiger charge is 2.01. The Morgan fingerprint density at radius 2 is 2.13 bits per heavy atom. The molecule has 0 atom stereocenters. The second-order valence-electron chi connectivity index (χ2n) is 3.25. The van der Waals surface area contributed by atoms with Crippen LogP contribution in [0.1, 0.15) is 6.42 Å². The first-order valence-corrected chi connectivity index (χ1v) is 6.54. The molecule has 0 fully saturated rings. The van der Waals surface area contributed by atoms with Crippen LogP contribution in [0.25, 0.3) is 0 Å². The van der Waals surface area contributed by atoms with E-state index >= 15 is 0 Å². The number of hydrogen-bond donors (Lipinski definition) is 2. The standard InChI is InChI=1S/C8H14N4O2S/c1-15(13,14)6-2-5-10-8-4-3-7(9)11-12-8/h3-4H,2,5-6H2,1H3,(H2,9,11)(H,10,12). The Balaban J connectivity index is 2.29. The number of sulfone groups is 1. The lowest BCUT2D eigenvalue weighted by molar-refractivity contribution is 0.600. The van der Waals surface area contributed by atoms with Gasteiger partial charge >= 0.3 is 0 Å². The van der Waals surface area contributed by atoms with Crippen molar-refractivity contribution in [2.45, 2.75) is 6.42 Å². The highest BCUT2D eigenvalue weighted by molar-refractivity contribution is 7.90. The summed E-state index contributed by atoms with van der Waals surface area (Å²) in [6, 6.07) is 3.33. The van der Waals surface area contributed by atoms with Crippen LogP contribution in [0.4, 0.5) is 11.6 Å². The van der Waals surface area contributed by atoms with E-state index in [1.54, 1.807) is 12.1 Å². The van der Waals surface area contributed by atoms with Gasteiger partial charge in [0.05, 0.1) is 5.75 Å². The second kappa shape index (κ2) is 4.92. The van der Waals surface area contributed by atoms with Crippen molar-refractivity contribution in [2.75, 3.05) is 29.6 Å². The van der Waals surface area contributed by atoms with Gasteiger partial charge in [0.25, 0.3) is 0 Å². The lowest BCUT2D eigenvalue weighted by Crippen LogP contribution is -2.10. The molecule has 0 aliphatic rings. The van der Waals surface area contributed by atoms with Gasteiger partial charge in [-0.3, -0.25) is 0 Å². The maximum Gasteiger partial charge on any atom is 0.148 e. The van der Waals surface area contributed by atoms with Gasteiger partial charge in [-0.1, -0.05) is 0 Å². The first-order valence-electron chi connectivity index (χ1n) is 4.48. The molecule has 1 rings (SSSR count). The van der Waals surface area contributed by atoms with Crippen LogP contribution >= 0.6 is 0 Å². The minimum absolute atomic E-state index is 0.169. The molecule has 0 spiro atoms. The monoisotopic (exact) mass is 230 g/mol. The summed E-state index contributed by atoms with van der Waals surface area (Å²) in [6.07, 6.45) is 1.76. The fraction of sp³-hybridized carbons (Fsp3) is 0.500. The van der Waals surface area contributed by atoms with E-state index in [0.717, 1.165) is 0 Å². The molecule has 84 valence electrons. The van der Waals surface area contributed by atoms with E-state index in [1.165, 1.54) is 6.26 Å². The van der Waals surface area contributed by atoms with Crippen molar-refractivity contribution >= 4 is 21.5 Å². The summed E-state index contributed by atoms with van der Waals surface area (Å²) in [5.41, 5.74) is 5.36. The largest absolute Gasteiger partial charge is 0.382 e. The van der Waals surface area contributed by atoms with E-state index in [2.05, 4.69) is 15.5 Å². The number of aromatic nitrogens is 2. The smallest absolute Gasteiger partial charge is 0.148 e. The molecule has 15 heavy (non-hydrogen) atoms. The van der Waals surface area contributed by atoms with Gasteiger partial charge in [0.1, 0.15) is 21.5 Å². The van der Waals surface area contributed by atoms with Gasteiger partial charge in [-0.05, 0) is 18.6 Å². The summed E-state index contributed by atoms with van der Waals surface area (Å²) in [6.45, 7) is 0.547. The van der Waals surface area contributed by atoms with E-state index in [1.807, 2.05) is 0 Å². The summed E-state index contributed by atoms with van der Waals surface area (Å²) >= 11 is 0. The van der Waals surface area contributed by atoms with Gasteiger partial charge < -0.3 is 11.1 Å². The number of nitrogens with one attached hydrogen (secondary N) is 1. The molecule has 0 aliphatic heterocycles. The van der Waals surface area contributed by atoms with Gasteiger partial charge in [0.2, 0.25) is 0 Å². The van der Waals surface area contributed by atoms with Gasteiger partial charge in [0, 0.05) is 12.8 Å². The Morgan fingerprint density at radius 1 is 1.40 bits per heavy atom. The number of nitrogen functional groups attached to an aromatic ring is 1. The van der Waals surface area contributed by atoms with Gasteiger partial charge in [0.15, 0.2) is 0 Å². The van der Waals surface area contributed by atoms with Crippen molar-refractivity contribution in [3.05, 3.63) is 12.1 Å². The average Bonchev–Trinajstić information content (AvgIpc) is 2.14. The van der Waals surface area contributed by atoms with Crippen LogP contribution in [0.15, 0.2) is 12.1 Å². The zero-order valence-corrected chi connectivity index (χ0v) is 9.29. The summed E-state index contributed by atoms with van der Waals surface area (Å²) in [5.74, 6) is 1.12. The third kappa shape index (κ3) is 5.16. The second-order valence-corrected chi connectivity index (χ2v) is 5.51. The molecule has 6 nitrogen and oxygen atoms in total. The van der Waals surface area contributed by atoms with Crippen molar-refractivity contribution in [1.82, 2.24) is 10.2 Å². The predicted molar refractivity (Wildman–Crippen MR) is 59.3 cm³/mol. The van der Waals surface area contributed by atoms with E-state index in [-0.39, 0.29) is 5.75 Å². The van der Waals surface area contributed by atoms with Crippen LogP contribution in [-0.2, 0) is 9.84 Å². The highest BCUT2D eigenvalue weighted by atomic mass is 32.2. The number of anilines is 2. The molecule has 0 saturated heterocycles. The number of nitrogens with two attached hydrogens (primary N) is 1.